The minimum atomic E-state index is 0.0684. The van der Waals surface area contributed by atoms with E-state index in [9.17, 15) is 4.79 Å². The van der Waals surface area contributed by atoms with E-state index in [1.165, 1.54) is 5.56 Å². The maximum Gasteiger partial charge on any atom is 0.220 e. The number of hydrogen-bond donors (Lipinski definition) is 2. The fraction of sp³-hybridized carbons (Fsp3) is 0.375. The van der Waals surface area contributed by atoms with Gasteiger partial charge in [-0.2, -0.15) is 5.10 Å². The number of hydrogen-bond acceptors (Lipinski definition) is 2. The highest BCUT2D eigenvalue weighted by molar-refractivity contribution is 6.31. The van der Waals surface area contributed by atoms with Gasteiger partial charge in [0.1, 0.15) is 0 Å². The maximum atomic E-state index is 11.8. The molecule has 112 valence electrons. The van der Waals surface area contributed by atoms with Crippen LogP contribution in [0.4, 0.5) is 0 Å². The minimum Gasteiger partial charge on any atom is -0.356 e. The highest BCUT2D eigenvalue weighted by atomic mass is 35.5. The van der Waals surface area contributed by atoms with Gasteiger partial charge in [-0.3, -0.25) is 9.89 Å². The number of halogens is 1. The first-order chi connectivity index (χ1) is 10.2. The number of amides is 1. The average Bonchev–Trinajstić information content (AvgIpc) is 2.88. The molecule has 0 atom stereocenters. The summed E-state index contributed by atoms with van der Waals surface area (Å²) in [7, 11) is 0. The van der Waals surface area contributed by atoms with Gasteiger partial charge in [0, 0.05) is 23.7 Å². The van der Waals surface area contributed by atoms with Crippen LogP contribution < -0.4 is 5.32 Å². The number of nitrogens with zero attached hydrogens (tertiary/aromatic N) is 1. The summed E-state index contributed by atoms with van der Waals surface area (Å²) in [4.78, 5) is 11.8. The van der Waals surface area contributed by atoms with E-state index in [2.05, 4.69) is 15.5 Å². The molecular formula is C16H20ClN3O. The largest absolute Gasteiger partial charge is 0.356 e. The van der Waals surface area contributed by atoms with Crippen molar-refractivity contribution in [3.05, 3.63) is 52.3 Å². The number of aromatic nitrogens is 2. The standard InChI is InChI=1S/C16H20ClN3O/c1-12-14(11-19-20-12)6-4-10-18-16(21)9-8-13-5-2-3-7-15(13)17/h2-3,5,7,11H,4,6,8-10H2,1H3,(H,18,21)(H,19,20). The molecule has 4 nitrogen and oxygen atoms in total. The third-order valence-corrected chi connectivity index (χ3v) is 3.83. The highest BCUT2D eigenvalue weighted by Crippen LogP contribution is 2.16. The molecular weight excluding hydrogens is 286 g/mol. The second-order valence-corrected chi connectivity index (χ2v) is 5.47. The van der Waals surface area contributed by atoms with Gasteiger partial charge in [-0.25, -0.2) is 0 Å². The summed E-state index contributed by atoms with van der Waals surface area (Å²) in [5.41, 5.74) is 3.32. The first-order valence-corrected chi connectivity index (χ1v) is 7.53. The average molecular weight is 306 g/mol. The molecule has 2 N–H and O–H groups in total. The fourth-order valence-electron chi connectivity index (χ4n) is 2.17. The molecule has 1 aromatic carbocycles. The molecule has 0 bridgehead atoms. The van der Waals surface area contributed by atoms with Crippen molar-refractivity contribution in [2.45, 2.75) is 32.6 Å². The van der Waals surface area contributed by atoms with E-state index < -0.39 is 0 Å². The number of H-pyrrole nitrogens is 1. The number of benzene rings is 1. The van der Waals surface area contributed by atoms with Gasteiger partial charge in [-0.15, -0.1) is 0 Å². The lowest BCUT2D eigenvalue weighted by molar-refractivity contribution is -0.121. The summed E-state index contributed by atoms with van der Waals surface area (Å²) in [5.74, 6) is 0.0684. The van der Waals surface area contributed by atoms with Crippen molar-refractivity contribution in [3.8, 4) is 0 Å². The van der Waals surface area contributed by atoms with E-state index in [1.807, 2.05) is 37.4 Å². The van der Waals surface area contributed by atoms with Gasteiger partial charge in [-0.1, -0.05) is 29.8 Å². The van der Waals surface area contributed by atoms with Gasteiger partial charge < -0.3 is 5.32 Å². The molecule has 0 unspecified atom stereocenters. The number of carbonyl (C=O) groups is 1. The fourth-order valence-corrected chi connectivity index (χ4v) is 2.40. The summed E-state index contributed by atoms with van der Waals surface area (Å²) in [6.07, 6.45) is 4.82. The first-order valence-electron chi connectivity index (χ1n) is 7.16. The minimum absolute atomic E-state index is 0.0684. The second kappa shape index (κ2) is 7.84. The zero-order valence-corrected chi connectivity index (χ0v) is 12.9. The molecule has 5 heteroatoms. The van der Waals surface area contributed by atoms with Crippen molar-refractivity contribution in [1.82, 2.24) is 15.5 Å². The summed E-state index contributed by atoms with van der Waals surface area (Å²) in [6.45, 7) is 2.69. The van der Waals surface area contributed by atoms with Crippen LogP contribution in [0.3, 0.4) is 0 Å². The van der Waals surface area contributed by atoms with Crippen LogP contribution in [0.25, 0.3) is 0 Å². The molecule has 0 saturated heterocycles. The Morgan fingerprint density at radius 1 is 1.29 bits per heavy atom. The molecule has 1 heterocycles. The highest BCUT2D eigenvalue weighted by Gasteiger charge is 2.05. The van der Waals surface area contributed by atoms with Crippen LogP contribution in [0.5, 0.6) is 0 Å². The topological polar surface area (TPSA) is 57.8 Å². The maximum absolute atomic E-state index is 11.8. The van der Waals surface area contributed by atoms with E-state index in [0.717, 1.165) is 29.1 Å². The zero-order valence-electron chi connectivity index (χ0n) is 12.2. The summed E-state index contributed by atoms with van der Waals surface area (Å²) in [5, 5.41) is 10.6. The Balaban J connectivity index is 1.64. The predicted octanol–water partition coefficient (Wildman–Crippen LogP) is 3.05. The molecule has 1 aromatic heterocycles. The molecule has 21 heavy (non-hydrogen) atoms. The Morgan fingerprint density at radius 2 is 2.10 bits per heavy atom. The van der Waals surface area contributed by atoms with Gasteiger partial charge in [0.15, 0.2) is 0 Å². The van der Waals surface area contributed by atoms with E-state index in [4.69, 9.17) is 11.6 Å². The summed E-state index contributed by atoms with van der Waals surface area (Å²) < 4.78 is 0. The molecule has 0 aliphatic rings. The number of nitrogens with one attached hydrogen (secondary N) is 2. The van der Waals surface area contributed by atoms with Gasteiger partial charge in [-0.05, 0) is 43.4 Å². The molecule has 0 aliphatic carbocycles. The predicted molar refractivity (Wildman–Crippen MR) is 84.4 cm³/mol. The Morgan fingerprint density at radius 3 is 2.81 bits per heavy atom. The van der Waals surface area contributed by atoms with Crippen molar-refractivity contribution in [2.75, 3.05) is 6.54 Å². The summed E-state index contributed by atoms with van der Waals surface area (Å²) >= 11 is 6.07. The molecule has 0 aliphatic heterocycles. The molecule has 1 amide bonds. The molecule has 0 fully saturated rings. The summed E-state index contributed by atoms with van der Waals surface area (Å²) in [6, 6.07) is 7.63. The normalized spacial score (nSPS) is 10.6. The van der Waals surface area contributed by atoms with Gasteiger partial charge in [0.25, 0.3) is 0 Å². The van der Waals surface area contributed by atoms with Gasteiger partial charge >= 0.3 is 0 Å². The molecule has 2 aromatic rings. The zero-order chi connectivity index (χ0) is 15.1. The van der Waals surface area contributed by atoms with Gasteiger partial charge in [0.2, 0.25) is 5.91 Å². The molecule has 0 radical (unpaired) electrons. The van der Waals surface area contributed by atoms with Crippen molar-refractivity contribution in [3.63, 3.8) is 0 Å². The lowest BCUT2D eigenvalue weighted by Crippen LogP contribution is -2.25. The van der Waals surface area contributed by atoms with Crippen LogP contribution in [0.2, 0.25) is 5.02 Å². The quantitative estimate of drug-likeness (QED) is 0.772. The molecule has 0 saturated carbocycles. The molecule has 2 rings (SSSR count). The third kappa shape index (κ3) is 4.90. The van der Waals surface area contributed by atoms with Crippen LogP contribution in [0.1, 0.15) is 29.7 Å². The van der Waals surface area contributed by atoms with Crippen LogP contribution in [0, 0.1) is 6.92 Å². The van der Waals surface area contributed by atoms with Crippen LogP contribution >= 0.6 is 11.6 Å². The Hall–Kier alpha value is -1.81. The van der Waals surface area contributed by atoms with E-state index in [-0.39, 0.29) is 5.91 Å². The van der Waals surface area contributed by atoms with E-state index >= 15 is 0 Å². The van der Waals surface area contributed by atoms with Crippen molar-refractivity contribution < 1.29 is 4.79 Å². The van der Waals surface area contributed by atoms with Crippen molar-refractivity contribution >= 4 is 17.5 Å². The van der Waals surface area contributed by atoms with Crippen LogP contribution in [0.15, 0.2) is 30.5 Å². The number of carbonyl (C=O) groups excluding carboxylic acids is 1. The second-order valence-electron chi connectivity index (χ2n) is 5.07. The Bertz CT molecular complexity index is 595. The molecule has 0 spiro atoms. The Kier molecular flexibility index (Phi) is 5.81. The Labute approximate surface area is 129 Å². The van der Waals surface area contributed by atoms with E-state index in [1.54, 1.807) is 0 Å². The lowest BCUT2D eigenvalue weighted by atomic mass is 10.1. The monoisotopic (exact) mass is 305 g/mol. The smallest absolute Gasteiger partial charge is 0.220 e. The van der Waals surface area contributed by atoms with Crippen LogP contribution in [-0.4, -0.2) is 22.6 Å². The number of aromatic amines is 1. The SMILES string of the molecule is Cc1[nH]ncc1CCCNC(=O)CCc1ccccc1Cl. The third-order valence-electron chi connectivity index (χ3n) is 3.46. The first kappa shape index (κ1) is 15.6. The number of rotatable bonds is 7. The van der Waals surface area contributed by atoms with Crippen molar-refractivity contribution in [1.29, 1.82) is 0 Å². The number of aryl methyl sites for hydroxylation is 3. The van der Waals surface area contributed by atoms with Crippen LogP contribution in [-0.2, 0) is 17.6 Å². The lowest BCUT2D eigenvalue weighted by Gasteiger charge is -2.06. The van der Waals surface area contributed by atoms with E-state index in [0.29, 0.717) is 19.4 Å². The van der Waals surface area contributed by atoms with Crippen molar-refractivity contribution in [2.24, 2.45) is 0 Å². The van der Waals surface area contributed by atoms with Gasteiger partial charge in [0.05, 0.1) is 6.20 Å².